The van der Waals surface area contributed by atoms with Crippen LogP contribution in [0.25, 0.3) is 0 Å². The molecule has 0 bridgehead atoms. The van der Waals surface area contributed by atoms with Gasteiger partial charge in [-0.1, -0.05) is 55.5 Å². The lowest BCUT2D eigenvalue weighted by molar-refractivity contribution is -0.139. The van der Waals surface area contributed by atoms with E-state index in [4.69, 9.17) is 9.47 Å². The number of nitrogens with zero attached hydrogens (tertiary/aromatic N) is 2. The fourth-order valence-corrected chi connectivity index (χ4v) is 5.69. The number of amides is 2. The number of anilines is 1. The third-order valence-electron chi connectivity index (χ3n) is 6.92. The molecule has 0 saturated carbocycles. The molecule has 1 N–H and O–H groups in total. The highest BCUT2D eigenvalue weighted by atomic mass is 32.2. The fourth-order valence-electron chi connectivity index (χ4n) is 4.26. The molecule has 2 atom stereocenters. The number of sulfonamides is 1. The normalized spacial score (nSPS) is 12.6. The second-order valence-corrected chi connectivity index (χ2v) is 11.5. The zero-order chi connectivity index (χ0) is 30.0. The molecule has 0 aliphatic carbocycles. The summed E-state index contributed by atoms with van der Waals surface area (Å²) in [5.41, 5.74) is 1.22. The molecule has 3 aromatic carbocycles. The molecule has 3 aromatic rings. The maximum absolute atomic E-state index is 14.0. The van der Waals surface area contributed by atoms with Gasteiger partial charge in [-0.25, -0.2) is 8.42 Å². The summed E-state index contributed by atoms with van der Waals surface area (Å²) < 4.78 is 39.6. The van der Waals surface area contributed by atoms with Gasteiger partial charge >= 0.3 is 0 Å². The highest BCUT2D eigenvalue weighted by Gasteiger charge is 2.33. The van der Waals surface area contributed by atoms with Gasteiger partial charge in [0.25, 0.3) is 10.0 Å². The Balaban J connectivity index is 2.02. The van der Waals surface area contributed by atoms with Gasteiger partial charge in [-0.15, -0.1) is 0 Å². The van der Waals surface area contributed by atoms with E-state index in [1.807, 2.05) is 44.2 Å². The molecule has 41 heavy (non-hydrogen) atoms. The van der Waals surface area contributed by atoms with Gasteiger partial charge in [0.1, 0.15) is 12.6 Å². The third kappa shape index (κ3) is 8.00. The molecule has 2 amide bonds. The van der Waals surface area contributed by atoms with Crippen molar-refractivity contribution in [1.82, 2.24) is 10.2 Å². The Morgan fingerprint density at radius 1 is 0.878 bits per heavy atom. The monoisotopic (exact) mass is 581 g/mol. The standard InChI is InChI=1S/C31H39N3O6S/c1-6-23(2)32-31(36)24(3)33(20-19-25-13-9-7-10-14-25)30(35)22-34(41(37,38)27-15-11-8-12-16-27)26-17-18-28(39-4)29(21-26)40-5/h7-18,21,23-24H,6,19-20,22H2,1-5H3,(H,32,36)/t23-,24-/m1/s1. The van der Waals surface area contributed by atoms with Gasteiger partial charge in [0.2, 0.25) is 11.8 Å². The highest BCUT2D eigenvalue weighted by molar-refractivity contribution is 7.92. The predicted molar refractivity (Wildman–Crippen MR) is 160 cm³/mol. The van der Waals surface area contributed by atoms with Crippen LogP contribution >= 0.6 is 0 Å². The molecule has 0 radical (unpaired) electrons. The minimum Gasteiger partial charge on any atom is -0.493 e. The molecule has 0 spiro atoms. The summed E-state index contributed by atoms with van der Waals surface area (Å²) in [5, 5.41) is 2.94. The van der Waals surface area contributed by atoms with Gasteiger partial charge in [0.15, 0.2) is 11.5 Å². The number of hydrogen-bond acceptors (Lipinski definition) is 6. The lowest BCUT2D eigenvalue weighted by Crippen LogP contribution is -2.53. The minimum absolute atomic E-state index is 0.0287. The maximum Gasteiger partial charge on any atom is 0.264 e. The van der Waals surface area contributed by atoms with E-state index >= 15 is 0 Å². The lowest BCUT2D eigenvalue weighted by Gasteiger charge is -2.32. The van der Waals surface area contributed by atoms with Crippen molar-refractivity contribution < 1.29 is 27.5 Å². The summed E-state index contributed by atoms with van der Waals surface area (Å²) in [6.07, 6.45) is 1.23. The van der Waals surface area contributed by atoms with Crippen LogP contribution < -0.4 is 19.1 Å². The maximum atomic E-state index is 14.0. The number of ether oxygens (including phenoxy) is 2. The summed E-state index contributed by atoms with van der Waals surface area (Å²) in [6.45, 7) is 5.22. The molecule has 0 aromatic heterocycles. The van der Waals surface area contributed by atoms with Gasteiger partial charge < -0.3 is 19.7 Å². The first-order valence-corrected chi connectivity index (χ1v) is 15.0. The zero-order valence-corrected chi connectivity index (χ0v) is 25.1. The Labute approximate surface area is 243 Å². The molecule has 0 fully saturated rings. The molecule has 0 aliphatic heterocycles. The first-order chi connectivity index (χ1) is 19.6. The van der Waals surface area contributed by atoms with E-state index in [0.717, 1.165) is 16.3 Å². The van der Waals surface area contributed by atoms with E-state index in [-0.39, 0.29) is 29.1 Å². The van der Waals surface area contributed by atoms with E-state index in [2.05, 4.69) is 5.32 Å². The third-order valence-corrected chi connectivity index (χ3v) is 8.71. The van der Waals surface area contributed by atoms with Crippen molar-refractivity contribution in [2.75, 3.05) is 31.6 Å². The van der Waals surface area contributed by atoms with Crippen molar-refractivity contribution in [3.8, 4) is 11.5 Å². The molecule has 0 saturated heterocycles. The second kappa shape index (κ2) is 14.5. The smallest absolute Gasteiger partial charge is 0.264 e. The lowest BCUT2D eigenvalue weighted by atomic mass is 10.1. The van der Waals surface area contributed by atoms with Crippen LogP contribution in [-0.2, 0) is 26.0 Å². The van der Waals surface area contributed by atoms with Gasteiger partial charge in [0, 0.05) is 18.7 Å². The summed E-state index contributed by atoms with van der Waals surface area (Å²) in [5.74, 6) is -0.0845. The highest BCUT2D eigenvalue weighted by Crippen LogP contribution is 2.34. The van der Waals surface area contributed by atoms with Crippen molar-refractivity contribution in [2.24, 2.45) is 0 Å². The number of benzene rings is 3. The van der Waals surface area contributed by atoms with Crippen LogP contribution in [0.15, 0.2) is 83.8 Å². The number of rotatable bonds is 14. The van der Waals surface area contributed by atoms with Crippen LogP contribution in [-0.4, -0.2) is 64.5 Å². The van der Waals surface area contributed by atoms with Crippen LogP contribution in [0.3, 0.4) is 0 Å². The summed E-state index contributed by atoms with van der Waals surface area (Å²) in [4.78, 5) is 28.6. The summed E-state index contributed by atoms with van der Waals surface area (Å²) in [7, 11) is -1.24. The quantitative estimate of drug-likeness (QED) is 0.305. The van der Waals surface area contributed by atoms with Gasteiger partial charge in [-0.05, 0) is 56.5 Å². The van der Waals surface area contributed by atoms with E-state index in [9.17, 15) is 18.0 Å². The Morgan fingerprint density at radius 3 is 2.07 bits per heavy atom. The SMILES string of the molecule is CC[C@@H](C)NC(=O)[C@@H](C)N(CCc1ccccc1)C(=O)CN(c1ccc(OC)c(OC)c1)S(=O)(=O)c1ccccc1. The van der Waals surface area contributed by atoms with Crippen molar-refractivity contribution in [1.29, 1.82) is 0 Å². The number of carbonyl (C=O) groups excluding carboxylic acids is 2. The van der Waals surface area contributed by atoms with E-state index in [1.165, 1.54) is 37.3 Å². The Hall–Kier alpha value is -4.05. The van der Waals surface area contributed by atoms with Gasteiger partial charge in [-0.3, -0.25) is 13.9 Å². The van der Waals surface area contributed by atoms with Crippen molar-refractivity contribution >= 4 is 27.5 Å². The molecule has 0 unspecified atom stereocenters. The summed E-state index contributed by atoms with van der Waals surface area (Å²) in [6, 6.07) is 21.3. The van der Waals surface area contributed by atoms with Gasteiger partial charge in [-0.2, -0.15) is 0 Å². The first kappa shape index (κ1) is 31.5. The molecule has 3 rings (SSSR count). The van der Waals surface area contributed by atoms with Crippen LogP contribution in [0, 0.1) is 0 Å². The number of hydrogen-bond donors (Lipinski definition) is 1. The minimum atomic E-state index is -4.17. The molecule has 220 valence electrons. The van der Waals surface area contributed by atoms with Crippen molar-refractivity contribution in [3.63, 3.8) is 0 Å². The molecule has 10 heteroatoms. The molecular formula is C31H39N3O6S. The van der Waals surface area contributed by atoms with Crippen molar-refractivity contribution in [3.05, 3.63) is 84.4 Å². The molecule has 0 aliphatic rings. The second-order valence-electron chi connectivity index (χ2n) is 9.68. The summed E-state index contributed by atoms with van der Waals surface area (Å²) >= 11 is 0. The topological polar surface area (TPSA) is 105 Å². The Morgan fingerprint density at radius 2 is 1.49 bits per heavy atom. The Kier molecular flexibility index (Phi) is 11.2. The number of nitrogens with one attached hydrogen (secondary N) is 1. The number of carbonyl (C=O) groups is 2. The van der Waals surface area contributed by atoms with Crippen molar-refractivity contribution in [2.45, 2.75) is 50.6 Å². The van der Waals surface area contributed by atoms with E-state index < -0.39 is 28.5 Å². The Bertz CT molecular complexity index is 1400. The zero-order valence-electron chi connectivity index (χ0n) is 24.2. The van der Waals surface area contributed by atoms with Crippen LogP contribution in [0.2, 0.25) is 0 Å². The van der Waals surface area contributed by atoms with E-state index in [0.29, 0.717) is 17.9 Å². The van der Waals surface area contributed by atoms with Gasteiger partial charge in [0.05, 0.1) is 24.8 Å². The fraction of sp³-hybridized carbons (Fsp3) is 0.355. The molecule has 9 nitrogen and oxygen atoms in total. The van der Waals surface area contributed by atoms with E-state index in [1.54, 1.807) is 37.3 Å². The van der Waals surface area contributed by atoms with Crippen LogP contribution in [0.4, 0.5) is 5.69 Å². The number of methoxy groups -OCH3 is 2. The molecular weight excluding hydrogens is 542 g/mol. The largest absolute Gasteiger partial charge is 0.493 e. The average Bonchev–Trinajstić information content (AvgIpc) is 3.00. The first-order valence-electron chi connectivity index (χ1n) is 13.6. The van der Waals surface area contributed by atoms with Crippen LogP contribution in [0.5, 0.6) is 11.5 Å². The molecule has 0 heterocycles. The van der Waals surface area contributed by atoms with Crippen LogP contribution in [0.1, 0.15) is 32.8 Å². The predicted octanol–water partition coefficient (Wildman–Crippen LogP) is 4.27. The average molecular weight is 582 g/mol.